The molecular formula is C28H28Cl2N6O2. The van der Waals surface area contributed by atoms with Crippen LogP contribution in [0.1, 0.15) is 40.6 Å². The van der Waals surface area contributed by atoms with Gasteiger partial charge in [0.2, 0.25) is 0 Å². The molecule has 2 fully saturated rings. The molecule has 0 N–H and O–H groups in total. The maximum absolute atomic E-state index is 13.2. The number of hydrogen-bond donors (Lipinski definition) is 0. The van der Waals surface area contributed by atoms with Gasteiger partial charge in [-0.2, -0.15) is 5.10 Å². The molecule has 1 amide bonds. The Kier molecular flexibility index (Phi) is 6.95. The Morgan fingerprint density at radius 3 is 2.42 bits per heavy atom. The topological polar surface area (TPSA) is 76.4 Å². The number of halogens is 2. The zero-order valence-electron chi connectivity index (χ0n) is 21.1. The number of para-hydroxylation sites is 1. The Balaban J connectivity index is 1.34. The third-order valence-corrected chi connectivity index (χ3v) is 7.86. The van der Waals surface area contributed by atoms with Crippen molar-refractivity contribution in [3.05, 3.63) is 75.7 Å². The first-order valence-electron chi connectivity index (χ1n) is 12.9. The molecule has 38 heavy (non-hydrogen) atoms. The number of ether oxygens (including phenoxy) is 1. The van der Waals surface area contributed by atoms with E-state index in [1.54, 1.807) is 18.2 Å². The van der Waals surface area contributed by atoms with E-state index in [9.17, 15) is 4.79 Å². The Bertz CT molecular complexity index is 1480. The van der Waals surface area contributed by atoms with Crippen molar-refractivity contribution in [2.24, 2.45) is 0 Å². The zero-order valence-corrected chi connectivity index (χ0v) is 22.6. The van der Waals surface area contributed by atoms with E-state index in [1.165, 1.54) is 0 Å². The minimum absolute atomic E-state index is 0.0878. The molecule has 0 saturated carbocycles. The highest BCUT2D eigenvalue weighted by Gasteiger charge is 2.29. The summed E-state index contributed by atoms with van der Waals surface area (Å²) in [5.41, 5.74) is 3.12. The van der Waals surface area contributed by atoms with Crippen LogP contribution in [-0.4, -0.2) is 69.9 Å². The van der Waals surface area contributed by atoms with Crippen LogP contribution in [-0.2, 0) is 4.74 Å². The van der Waals surface area contributed by atoms with Crippen molar-refractivity contribution in [1.82, 2.24) is 24.6 Å². The first-order valence-corrected chi connectivity index (χ1v) is 13.6. The van der Waals surface area contributed by atoms with Crippen molar-refractivity contribution < 1.29 is 9.53 Å². The molecule has 6 rings (SSSR count). The Hall–Kier alpha value is -3.20. The van der Waals surface area contributed by atoms with Crippen molar-refractivity contribution in [3.63, 3.8) is 0 Å². The number of piperazine rings is 1. The summed E-state index contributed by atoms with van der Waals surface area (Å²) in [4.78, 5) is 27.5. The quantitative estimate of drug-likeness (QED) is 0.343. The van der Waals surface area contributed by atoms with Gasteiger partial charge in [0.25, 0.3) is 5.91 Å². The molecule has 8 nitrogen and oxygen atoms in total. The highest BCUT2D eigenvalue weighted by atomic mass is 35.5. The van der Waals surface area contributed by atoms with Gasteiger partial charge in [-0.05, 0) is 50.1 Å². The van der Waals surface area contributed by atoms with Crippen molar-refractivity contribution in [3.8, 4) is 5.69 Å². The Morgan fingerprint density at radius 1 is 0.974 bits per heavy atom. The lowest BCUT2D eigenvalue weighted by Gasteiger charge is -2.36. The van der Waals surface area contributed by atoms with Crippen LogP contribution in [0.2, 0.25) is 10.0 Å². The molecule has 0 radical (unpaired) electrons. The van der Waals surface area contributed by atoms with Crippen LogP contribution in [0.15, 0.2) is 48.5 Å². The van der Waals surface area contributed by atoms with Crippen molar-refractivity contribution in [1.29, 1.82) is 0 Å². The first kappa shape index (κ1) is 25.1. The highest BCUT2D eigenvalue weighted by Crippen LogP contribution is 2.34. The molecule has 2 saturated heterocycles. The lowest BCUT2D eigenvalue weighted by molar-refractivity contribution is 0.0746. The van der Waals surface area contributed by atoms with Gasteiger partial charge in [0, 0.05) is 50.3 Å². The summed E-state index contributed by atoms with van der Waals surface area (Å²) >= 11 is 12.3. The Morgan fingerprint density at radius 2 is 1.71 bits per heavy atom. The predicted octanol–water partition coefficient (Wildman–Crippen LogP) is 5.29. The summed E-state index contributed by atoms with van der Waals surface area (Å²) in [6.07, 6.45) is 1.79. The average Bonchev–Trinajstić information content (AvgIpc) is 3.29. The van der Waals surface area contributed by atoms with E-state index in [4.69, 9.17) is 43.0 Å². The van der Waals surface area contributed by atoms with E-state index in [1.807, 2.05) is 46.8 Å². The number of amides is 1. The fraction of sp³-hybridized carbons (Fsp3) is 0.357. The summed E-state index contributed by atoms with van der Waals surface area (Å²) in [5.74, 6) is 1.86. The molecule has 0 bridgehead atoms. The number of carbonyl (C=O) groups is 1. The predicted molar refractivity (Wildman–Crippen MR) is 149 cm³/mol. The molecule has 2 aromatic carbocycles. The summed E-state index contributed by atoms with van der Waals surface area (Å²) < 4.78 is 7.52. The van der Waals surface area contributed by atoms with E-state index in [0.29, 0.717) is 55.0 Å². The standard InChI is InChI=1S/C28H28Cl2N6O2/c1-18-24-26(34-11-13-35(14-12-34)28(37)22-8-7-20(29)17-23(22)30)31-25(19-9-15-38-16-10-19)32-27(24)36(33-18)21-5-3-2-4-6-21/h2-8,17,19H,9-16H2,1H3. The van der Waals surface area contributed by atoms with Crippen LogP contribution in [0, 0.1) is 6.92 Å². The van der Waals surface area contributed by atoms with Gasteiger partial charge in [-0.3, -0.25) is 4.79 Å². The second-order valence-electron chi connectivity index (χ2n) is 9.73. The van der Waals surface area contributed by atoms with Gasteiger partial charge < -0.3 is 14.5 Å². The molecule has 10 heteroatoms. The van der Waals surface area contributed by atoms with Gasteiger partial charge in [0.1, 0.15) is 11.6 Å². The molecule has 0 atom stereocenters. The molecule has 2 aliphatic rings. The monoisotopic (exact) mass is 550 g/mol. The largest absolute Gasteiger partial charge is 0.381 e. The van der Waals surface area contributed by atoms with E-state index in [-0.39, 0.29) is 11.8 Å². The molecular weight excluding hydrogens is 523 g/mol. The number of anilines is 1. The number of rotatable bonds is 4. The molecule has 0 unspecified atom stereocenters. The van der Waals surface area contributed by atoms with E-state index in [0.717, 1.165) is 46.9 Å². The maximum atomic E-state index is 13.2. The summed E-state index contributed by atoms with van der Waals surface area (Å²) in [6.45, 7) is 5.84. The number of aryl methyl sites for hydroxylation is 1. The van der Waals surface area contributed by atoms with Crippen LogP contribution in [0.4, 0.5) is 5.82 Å². The average molecular weight is 551 g/mol. The van der Waals surface area contributed by atoms with E-state index >= 15 is 0 Å². The third-order valence-electron chi connectivity index (χ3n) is 7.32. The minimum Gasteiger partial charge on any atom is -0.381 e. The molecule has 2 aromatic heterocycles. The molecule has 0 aliphatic carbocycles. The highest BCUT2D eigenvalue weighted by molar-refractivity contribution is 6.36. The fourth-order valence-corrected chi connectivity index (χ4v) is 5.74. The van der Waals surface area contributed by atoms with Crippen molar-refractivity contribution in [2.45, 2.75) is 25.7 Å². The molecule has 0 spiro atoms. The van der Waals surface area contributed by atoms with Gasteiger partial charge in [-0.15, -0.1) is 0 Å². The number of aromatic nitrogens is 4. The SMILES string of the molecule is Cc1nn(-c2ccccc2)c2nc(C3CCOCC3)nc(N3CCN(C(=O)c4ccc(Cl)cc4Cl)CC3)c12. The third kappa shape index (κ3) is 4.72. The molecule has 196 valence electrons. The summed E-state index contributed by atoms with van der Waals surface area (Å²) in [7, 11) is 0. The summed E-state index contributed by atoms with van der Waals surface area (Å²) in [6, 6.07) is 15.1. The minimum atomic E-state index is -0.0878. The van der Waals surface area contributed by atoms with Crippen molar-refractivity contribution >= 4 is 46.0 Å². The second kappa shape index (κ2) is 10.5. The van der Waals surface area contributed by atoms with Crippen LogP contribution in [0.3, 0.4) is 0 Å². The number of carbonyl (C=O) groups excluding carboxylic acids is 1. The smallest absolute Gasteiger partial charge is 0.255 e. The number of fused-ring (bicyclic) bond motifs is 1. The summed E-state index contributed by atoms with van der Waals surface area (Å²) in [5, 5.41) is 6.70. The second-order valence-corrected chi connectivity index (χ2v) is 10.6. The normalized spacial score (nSPS) is 16.8. The molecule has 4 aromatic rings. The number of hydrogen-bond acceptors (Lipinski definition) is 6. The maximum Gasteiger partial charge on any atom is 0.255 e. The van der Waals surface area contributed by atoms with Crippen LogP contribution in [0.5, 0.6) is 0 Å². The lowest BCUT2D eigenvalue weighted by atomic mass is 9.99. The molecule has 2 aliphatic heterocycles. The number of nitrogens with zero attached hydrogens (tertiary/aromatic N) is 6. The van der Waals surface area contributed by atoms with Crippen LogP contribution < -0.4 is 4.90 Å². The van der Waals surface area contributed by atoms with Crippen LogP contribution >= 0.6 is 23.2 Å². The van der Waals surface area contributed by atoms with Gasteiger partial charge >= 0.3 is 0 Å². The first-order chi connectivity index (χ1) is 18.5. The van der Waals surface area contributed by atoms with Crippen LogP contribution in [0.25, 0.3) is 16.7 Å². The van der Waals surface area contributed by atoms with Crippen molar-refractivity contribution in [2.75, 3.05) is 44.3 Å². The van der Waals surface area contributed by atoms with Gasteiger partial charge in [-0.25, -0.2) is 14.6 Å². The van der Waals surface area contributed by atoms with E-state index in [2.05, 4.69) is 4.90 Å². The lowest BCUT2D eigenvalue weighted by Crippen LogP contribution is -2.49. The van der Waals surface area contributed by atoms with Gasteiger partial charge in [0.15, 0.2) is 5.65 Å². The zero-order chi connectivity index (χ0) is 26.2. The van der Waals surface area contributed by atoms with E-state index < -0.39 is 0 Å². The number of benzene rings is 2. The molecule has 4 heterocycles. The van der Waals surface area contributed by atoms with Gasteiger partial charge in [0.05, 0.1) is 27.4 Å². The fourth-order valence-electron chi connectivity index (χ4n) is 5.25. The Labute approximate surface area is 231 Å². The van der Waals surface area contributed by atoms with Gasteiger partial charge in [-0.1, -0.05) is 41.4 Å².